The van der Waals surface area contributed by atoms with Gasteiger partial charge in [0.1, 0.15) is 69.2 Å². The van der Waals surface area contributed by atoms with Crippen LogP contribution in [0.3, 0.4) is 0 Å². The standard InChI is InChI=1S/C53H51BrO12/c1-28-20-21-29(2)42(50(57)63-27-37-18-14-11-15-19-37)39(28)24-32(5)64-52(59)44-31(4)23-40(35(8)47(44)55)65-53(60)45-33(6)34(7)49(46(54)48(45)56)66-51(58)43-30(3)22-38(25-41(43)61-9)62-26-36-16-12-10-13-17-36/h10-23,25,32,55-56H,24,26-27H2,1-9H3. The van der Waals surface area contributed by atoms with Crippen molar-refractivity contribution in [3.8, 4) is 34.5 Å². The third-order valence-electron chi connectivity index (χ3n) is 11.3. The molecule has 6 aromatic carbocycles. The van der Waals surface area contributed by atoms with Gasteiger partial charge in [-0.25, -0.2) is 19.2 Å². The lowest BCUT2D eigenvalue weighted by molar-refractivity contribution is 0.0337. The minimum atomic E-state index is -0.979. The number of hydrogen-bond acceptors (Lipinski definition) is 12. The summed E-state index contributed by atoms with van der Waals surface area (Å²) in [5.41, 5.74) is 5.62. The van der Waals surface area contributed by atoms with Crippen LogP contribution >= 0.6 is 15.9 Å². The lowest BCUT2D eigenvalue weighted by Gasteiger charge is -2.21. The lowest BCUT2D eigenvalue weighted by atomic mass is 9.93. The van der Waals surface area contributed by atoms with Gasteiger partial charge in [-0.2, -0.15) is 0 Å². The van der Waals surface area contributed by atoms with Crippen molar-refractivity contribution < 1.29 is 57.8 Å². The molecule has 66 heavy (non-hydrogen) atoms. The normalized spacial score (nSPS) is 11.4. The first-order chi connectivity index (χ1) is 31.4. The van der Waals surface area contributed by atoms with Crippen LogP contribution in [-0.2, 0) is 29.1 Å². The number of rotatable bonds is 15. The smallest absolute Gasteiger partial charge is 0.347 e. The molecule has 0 radical (unpaired) electrons. The molecule has 0 heterocycles. The number of esters is 4. The second kappa shape index (κ2) is 20.8. The summed E-state index contributed by atoms with van der Waals surface area (Å²) in [6, 6.07) is 27.4. The monoisotopic (exact) mass is 958 g/mol. The van der Waals surface area contributed by atoms with Gasteiger partial charge >= 0.3 is 23.9 Å². The highest BCUT2D eigenvalue weighted by Crippen LogP contribution is 2.44. The first-order valence-corrected chi connectivity index (χ1v) is 21.9. The number of methoxy groups -OCH3 is 1. The maximum absolute atomic E-state index is 13.8. The highest BCUT2D eigenvalue weighted by atomic mass is 79.9. The Hall–Kier alpha value is -7.12. The van der Waals surface area contributed by atoms with Crippen molar-refractivity contribution in [2.24, 2.45) is 0 Å². The van der Waals surface area contributed by atoms with Gasteiger partial charge in [-0.1, -0.05) is 72.8 Å². The Kier molecular flexibility index (Phi) is 15.2. The minimum absolute atomic E-state index is 0.0315. The van der Waals surface area contributed by atoms with Crippen molar-refractivity contribution in [1.82, 2.24) is 0 Å². The molecule has 0 fully saturated rings. The second-order valence-corrected chi connectivity index (χ2v) is 16.9. The number of ether oxygens (including phenoxy) is 6. The average molecular weight is 960 g/mol. The number of aryl methyl sites for hydroxylation is 4. The van der Waals surface area contributed by atoms with Gasteiger partial charge in [-0.3, -0.25) is 0 Å². The molecule has 0 bridgehead atoms. The van der Waals surface area contributed by atoms with Crippen LogP contribution in [0.25, 0.3) is 0 Å². The fraction of sp³-hybridized carbons (Fsp3) is 0.245. The predicted octanol–water partition coefficient (Wildman–Crippen LogP) is 11.2. The molecule has 0 amide bonds. The third kappa shape index (κ3) is 10.5. The largest absolute Gasteiger partial charge is 0.507 e. The van der Waals surface area contributed by atoms with Crippen LogP contribution in [0.5, 0.6) is 34.5 Å². The number of hydrogen-bond donors (Lipinski definition) is 2. The third-order valence-corrected chi connectivity index (χ3v) is 12.1. The number of phenols is 2. The van der Waals surface area contributed by atoms with E-state index in [1.54, 1.807) is 46.8 Å². The highest BCUT2D eigenvalue weighted by molar-refractivity contribution is 9.10. The van der Waals surface area contributed by atoms with Gasteiger partial charge in [0, 0.05) is 18.1 Å². The van der Waals surface area contributed by atoms with Gasteiger partial charge in [0.15, 0.2) is 5.75 Å². The van der Waals surface area contributed by atoms with E-state index < -0.39 is 41.5 Å². The summed E-state index contributed by atoms with van der Waals surface area (Å²) in [6.45, 7) is 13.7. The molecule has 6 rings (SSSR count). The molecular weight excluding hydrogens is 908 g/mol. The Morgan fingerprint density at radius 1 is 0.576 bits per heavy atom. The van der Waals surface area contributed by atoms with Crippen molar-refractivity contribution in [1.29, 1.82) is 0 Å². The first kappa shape index (κ1) is 48.3. The van der Waals surface area contributed by atoms with E-state index in [1.807, 2.05) is 86.6 Å². The van der Waals surface area contributed by atoms with E-state index in [4.69, 9.17) is 28.4 Å². The summed E-state index contributed by atoms with van der Waals surface area (Å²) in [7, 11) is 1.42. The van der Waals surface area contributed by atoms with E-state index in [2.05, 4.69) is 15.9 Å². The van der Waals surface area contributed by atoms with Crippen LogP contribution in [0.15, 0.2) is 95.5 Å². The Bertz CT molecular complexity index is 2810. The zero-order chi connectivity index (χ0) is 48.0. The molecule has 0 spiro atoms. The van der Waals surface area contributed by atoms with E-state index in [0.717, 1.165) is 16.7 Å². The second-order valence-electron chi connectivity index (χ2n) is 16.1. The first-order valence-electron chi connectivity index (χ1n) is 21.1. The molecule has 1 unspecified atom stereocenters. The van der Waals surface area contributed by atoms with Crippen molar-refractivity contribution >= 4 is 39.8 Å². The highest BCUT2D eigenvalue weighted by Gasteiger charge is 2.30. The molecule has 0 aliphatic rings. The topological polar surface area (TPSA) is 164 Å². The molecule has 0 saturated heterocycles. The van der Waals surface area contributed by atoms with E-state index in [0.29, 0.717) is 40.2 Å². The van der Waals surface area contributed by atoms with Crippen LogP contribution in [-0.4, -0.2) is 47.3 Å². The summed E-state index contributed by atoms with van der Waals surface area (Å²) in [5.74, 6) is -3.49. The average Bonchev–Trinajstić information content (AvgIpc) is 3.29. The van der Waals surface area contributed by atoms with Gasteiger partial charge in [0.2, 0.25) is 0 Å². The molecule has 0 aromatic heterocycles. The van der Waals surface area contributed by atoms with Crippen molar-refractivity contribution in [3.63, 3.8) is 0 Å². The Balaban J connectivity index is 1.16. The van der Waals surface area contributed by atoms with Crippen LogP contribution in [0.1, 0.15) is 104 Å². The van der Waals surface area contributed by atoms with Gasteiger partial charge in [-0.05, 0) is 134 Å². The number of halogens is 1. The van der Waals surface area contributed by atoms with Crippen molar-refractivity contribution in [3.05, 3.63) is 173 Å². The Morgan fingerprint density at radius 3 is 1.80 bits per heavy atom. The molecular formula is C53H51BrO12. The zero-order valence-electron chi connectivity index (χ0n) is 38.2. The molecule has 0 saturated carbocycles. The lowest BCUT2D eigenvalue weighted by Crippen LogP contribution is -2.21. The van der Waals surface area contributed by atoms with E-state index in [-0.39, 0.29) is 68.1 Å². The molecule has 0 aliphatic carbocycles. The quantitative estimate of drug-likeness (QED) is 0.0740. The summed E-state index contributed by atoms with van der Waals surface area (Å²) in [4.78, 5) is 54.6. The molecule has 6 aromatic rings. The molecule has 1 atom stereocenters. The maximum Gasteiger partial charge on any atom is 0.347 e. The predicted molar refractivity (Wildman–Crippen MR) is 251 cm³/mol. The van der Waals surface area contributed by atoms with Gasteiger partial charge in [0.25, 0.3) is 0 Å². The number of aromatic hydroxyl groups is 2. The molecule has 0 aliphatic heterocycles. The molecule has 12 nitrogen and oxygen atoms in total. The summed E-state index contributed by atoms with van der Waals surface area (Å²) in [6.07, 6.45) is -0.549. The Labute approximate surface area is 392 Å². The van der Waals surface area contributed by atoms with Crippen LogP contribution < -0.4 is 18.9 Å². The van der Waals surface area contributed by atoms with E-state index in [9.17, 15) is 29.4 Å². The van der Waals surface area contributed by atoms with Crippen molar-refractivity contribution in [2.75, 3.05) is 7.11 Å². The van der Waals surface area contributed by atoms with Crippen molar-refractivity contribution in [2.45, 2.75) is 81.1 Å². The molecule has 342 valence electrons. The fourth-order valence-electron chi connectivity index (χ4n) is 7.57. The number of benzene rings is 6. The van der Waals surface area contributed by atoms with Crippen LogP contribution in [0, 0.1) is 48.5 Å². The summed E-state index contributed by atoms with van der Waals surface area (Å²) in [5, 5.41) is 22.7. The SMILES string of the molecule is COc1cc(OCc2ccccc2)cc(C)c1C(=O)Oc1c(C)c(C)c(C(=O)Oc2cc(C)c(C(=O)OC(C)Cc3c(C)ccc(C)c3C(=O)OCc3ccccc3)c(O)c2C)c(O)c1Br. The maximum atomic E-state index is 13.8. The Morgan fingerprint density at radius 2 is 1.17 bits per heavy atom. The van der Waals surface area contributed by atoms with Gasteiger partial charge < -0.3 is 38.6 Å². The summed E-state index contributed by atoms with van der Waals surface area (Å²) < 4.78 is 34.5. The molecule has 2 N–H and O–H groups in total. The minimum Gasteiger partial charge on any atom is -0.507 e. The molecule has 13 heteroatoms. The number of phenolic OH excluding ortho intramolecular Hbond substituents is 2. The van der Waals surface area contributed by atoms with E-state index >= 15 is 0 Å². The van der Waals surface area contributed by atoms with Crippen LogP contribution in [0.4, 0.5) is 0 Å². The van der Waals surface area contributed by atoms with Gasteiger partial charge in [0.05, 0.1) is 12.7 Å². The number of carbonyl (C=O) groups excluding carboxylic acids is 4. The fourth-order valence-corrected chi connectivity index (χ4v) is 8.14. The number of carbonyl (C=O) groups is 4. The van der Waals surface area contributed by atoms with Crippen LogP contribution in [0.2, 0.25) is 0 Å². The summed E-state index contributed by atoms with van der Waals surface area (Å²) >= 11 is 3.32. The van der Waals surface area contributed by atoms with E-state index in [1.165, 1.54) is 20.1 Å². The zero-order valence-corrected chi connectivity index (χ0v) is 39.8. The van der Waals surface area contributed by atoms with Gasteiger partial charge in [-0.15, -0.1) is 0 Å².